The van der Waals surface area contributed by atoms with Crippen LogP contribution in [0.1, 0.15) is 47.5 Å². The maximum Gasteiger partial charge on any atom is 0.335 e. The zero-order valence-electron chi connectivity index (χ0n) is 13.1. The van der Waals surface area contributed by atoms with Crippen molar-refractivity contribution < 1.29 is 9.90 Å². The number of nitrogens with zero attached hydrogens (tertiary/aromatic N) is 3. The lowest BCUT2D eigenvalue weighted by molar-refractivity contribution is 0.0697. The number of carboxylic acid groups (broad SMARTS) is 1. The number of aromatic carboxylic acids is 1. The molecule has 1 fully saturated rings. The van der Waals surface area contributed by atoms with E-state index >= 15 is 0 Å². The zero-order valence-corrected chi connectivity index (χ0v) is 13.1. The van der Waals surface area contributed by atoms with Gasteiger partial charge in [-0.3, -0.25) is 0 Å². The van der Waals surface area contributed by atoms with Crippen molar-refractivity contribution in [2.75, 3.05) is 0 Å². The Morgan fingerprint density at radius 3 is 2.74 bits per heavy atom. The summed E-state index contributed by atoms with van der Waals surface area (Å²) < 4.78 is 3.97. The first kappa shape index (κ1) is 14.1. The van der Waals surface area contributed by atoms with Crippen LogP contribution >= 0.6 is 0 Å². The molecule has 4 rings (SSSR count). The van der Waals surface area contributed by atoms with Gasteiger partial charge in [0.25, 0.3) is 0 Å². The Kier molecular flexibility index (Phi) is 3.22. The Bertz CT molecular complexity index is 871. The van der Waals surface area contributed by atoms with Gasteiger partial charge in [0.2, 0.25) is 0 Å². The monoisotopic (exact) mass is 309 g/mol. The molecular formula is C18H19N3O2. The molecule has 1 aromatic carbocycles. The second-order valence-corrected chi connectivity index (χ2v) is 6.27. The molecule has 23 heavy (non-hydrogen) atoms. The number of aromatic nitrogens is 3. The maximum absolute atomic E-state index is 11.3. The van der Waals surface area contributed by atoms with Crippen molar-refractivity contribution >= 4 is 16.9 Å². The van der Waals surface area contributed by atoms with E-state index in [4.69, 9.17) is 0 Å². The van der Waals surface area contributed by atoms with Crippen molar-refractivity contribution in [1.29, 1.82) is 0 Å². The van der Waals surface area contributed by atoms with Crippen molar-refractivity contribution in [3.8, 4) is 5.82 Å². The van der Waals surface area contributed by atoms with E-state index in [0.29, 0.717) is 11.5 Å². The highest BCUT2D eigenvalue weighted by Crippen LogP contribution is 2.42. The normalized spacial score (nSPS) is 15.5. The lowest BCUT2D eigenvalue weighted by Crippen LogP contribution is -2.06. The second-order valence-electron chi connectivity index (χ2n) is 6.27. The highest BCUT2D eigenvalue weighted by molar-refractivity contribution is 5.96. The van der Waals surface area contributed by atoms with Crippen molar-refractivity contribution in [1.82, 2.24) is 14.3 Å². The number of benzene rings is 1. The van der Waals surface area contributed by atoms with E-state index in [1.165, 1.54) is 31.2 Å². The Morgan fingerprint density at radius 2 is 2.09 bits per heavy atom. The quantitative estimate of drug-likeness (QED) is 0.802. The molecule has 0 aliphatic heterocycles. The van der Waals surface area contributed by atoms with Gasteiger partial charge in [0.05, 0.1) is 11.1 Å². The zero-order chi connectivity index (χ0) is 16.0. The number of aryl methyl sites for hydroxylation is 1. The Labute approximate surface area is 134 Å². The molecule has 0 bridgehead atoms. The number of fused-ring (bicyclic) bond motifs is 1. The molecule has 5 nitrogen and oxygen atoms in total. The van der Waals surface area contributed by atoms with Gasteiger partial charge in [-0.1, -0.05) is 18.9 Å². The molecule has 118 valence electrons. The van der Waals surface area contributed by atoms with Crippen molar-refractivity contribution in [3.05, 3.63) is 47.8 Å². The molecule has 1 aliphatic carbocycles. The van der Waals surface area contributed by atoms with E-state index in [9.17, 15) is 9.90 Å². The van der Waals surface area contributed by atoms with Crippen LogP contribution in [0.15, 0.2) is 36.7 Å². The first-order valence-electron chi connectivity index (χ1n) is 8.02. The van der Waals surface area contributed by atoms with Gasteiger partial charge in [-0.2, -0.15) is 5.10 Å². The predicted molar refractivity (Wildman–Crippen MR) is 88.2 cm³/mol. The van der Waals surface area contributed by atoms with E-state index in [-0.39, 0.29) is 0 Å². The second kappa shape index (κ2) is 5.26. The van der Waals surface area contributed by atoms with Gasteiger partial charge in [-0.25, -0.2) is 9.48 Å². The molecule has 0 saturated heterocycles. The molecule has 2 aromatic heterocycles. The van der Waals surface area contributed by atoms with E-state index in [1.54, 1.807) is 18.3 Å². The van der Waals surface area contributed by atoms with Crippen LogP contribution in [0.4, 0.5) is 0 Å². The van der Waals surface area contributed by atoms with E-state index in [0.717, 1.165) is 16.7 Å². The molecule has 1 aliphatic rings. The molecule has 0 unspecified atom stereocenters. The van der Waals surface area contributed by atoms with E-state index in [1.807, 2.05) is 30.1 Å². The van der Waals surface area contributed by atoms with Gasteiger partial charge in [0, 0.05) is 30.4 Å². The van der Waals surface area contributed by atoms with Gasteiger partial charge in [-0.05, 0) is 37.0 Å². The molecule has 1 saturated carbocycles. The first-order valence-corrected chi connectivity index (χ1v) is 8.02. The minimum Gasteiger partial charge on any atom is -0.478 e. The molecule has 0 spiro atoms. The third-order valence-corrected chi connectivity index (χ3v) is 4.94. The first-order chi connectivity index (χ1) is 11.2. The van der Waals surface area contributed by atoms with Crippen LogP contribution in [0.25, 0.3) is 16.7 Å². The van der Waals surface area contributed by atoms with Crippen LogP contribution in [-0.2, 0) is 7.05 Å². The number of hydrogen-bond donors (Lipinski definition) is 1. The Balaban J connectivity index is 2.03. The number of carbonyl (C=O) groups is 1. The van der Waals surface area contributed by atoms with Crippen LogP contribution in [-0.4, -0.2) is 25.4 Å². The molecule has 2 heterocycles. The lowest BCUT2D eigenvalue weighted by atomic mass is 9.95. The maximum atomic E-state index is 11.3. The fourth-order valence-electron chi connectivity index (χ4n) is 3.87. The van der Waals surface area contributed by atoms with Crippen LogP contribution in [0.3, 0.4) is 0 Å². The van der Waals surface area contributed by atoms with Gasteiger partial charge in [0.1, 0.15) is 5.82 Å². The third kappa shape index (κ3) is 2.15. The van der Waals surface area contributed by atoms with Crippen molar-refractivity contribution in [2.24, 2.45) is 7.05 Å². The molecule has 1 N–H and O–H groups in total. The lowest BCUT2D eigenvalue weighted by Gasteiger charge is -2.13. The fourth-order valence-corrected chi connectivity index (χ4v) is 3.87. The molecule has 0 radical (unpaired) electrons. The van der Waals surface area contributed by atoms with E-state index in [2.05, 4.69) is 9.67 Å². The van der Waals surface area contributed by atoms with Crippen molar-refractivity contribution in [3.63, 3.8) is 0 Å². The summed E-state index contributed by atoms with van der Waals surface area (Å²) in [6, 6.07) is 7.34. The number of carboxylic acids is 1. The van der Waals surface area contributed by atoms with Crippen LogP contribution in [0.2, 0.25) is 0 Å². The summed E-state index contributed by atoms with van der Waals surface area (Å²) in [5.41, 5.74) is 2.58. The molecule has 0 amide bonds. The summed E-state index contributed by atoms with van der Waals surface area (Å²) in [4.78, 5) is 11.3. The number of rotatable bonds is 3. The van der Waals surface area contributed by atoms with Gasteiger partial charge < -0.3 is 9.67 Å². The van der Waals surface area contributed by atoms with Crippen molar-refractivity contribution in [2.45, 2.75) is 31.6 Å². The van der Waals surface area contributed by atoms with Crippen LogP contribution < -0.4 is 0 Å². The van der Waals surface area contributed by atoms with Gasteiger partial charge in [-0.15, -0.1) is 0 Å². The average Bonchev–Trinajstić information content (AvgIpc) is 3.26. The summed E-state index contributed by atoms with van der Waals surface area (Å²) in [7, 11) is 1.99. The topological polar surface area (TPSA) is 60.0 Å². The molecule has 0 atom stereocenters. The SMILES string of the molecule is Cn1c(-n2cccn2)c(C2CCCC2)c2ccc(C(=O)O)cc21. The molecule has 5 heteroatoms. The summed E-state index contributed by atoms with van der Waals surface area (Å²) in [6.07, 6.45) is 8.62. The van der Waals surface area contributed by atoms with Gasteiger partial charge in [0.15, 0.2) is 0 Å². The van der Waals surface area contributed by atoms with Crippen LogP contribution in [0.5, 0.6) is 0 Å². The Morgan fingerprint density at radius 1 is 1.30 bits per heavy atom. The minimum absolute atomic E-state index is 0.322. The Hall–Kier alpha value is -2.56. The highest BCUT2D eigenvalue weighted by Gasteiger charge is 2.27. The van der Waals surface area contributed by atoms with Gasteiger partial charge >= 0.3 is 5.97 Å². The smallest absolute Gasteiger partial charge is 0.335 e. The summed E-state index contributed by atoms with van der Waals surface area (Å²) in [5.74, 6) is 0.684. The average molecular weight is 309 g/mol. The predicted octanol–water partition coefficient (Wildman–Crippen LogP) is 3.72. The van der Waals surface area contributed by atoms with E-state index < -0.39 is 5.97 Å². The van der Waals surface area contributed by atoms with Crippen LogP contribution in [0, 0.1) is 0 Å². The highest BCUT2D eigenvalue weighted by atomic mass is 16.4. The standard InChI is InChI=1S/C18H19N3O2/c1-20-15-11-13(18(22)23)7-8-14(15)16(12-5-2-3-6-12)17(20)21-10-4-9-19-21/h4,7-12H,2-3,5-6H2,1H3,(H,22,23). The molecule has 3 aromatic rings. The minimum atomic E-state index is -0.892. The number of hydrogen-bond acceptors (Lipinski definition) is 2. The summed E-state index contributed by atoms with van der Waals surface area (Å²) in [5, 5.41) is 14.8. The fraction of sp³-hybridized carbons (Fsp3) is 0.333. The largest absolute Gasteiger partial charge is 0.478 e. The summed E-state index contributed by atoms with van der Waals surface area (Å²) >= 11 is 0. The third-order valence-electron chi connectivity index (χ3n) is 4.94. The summed E-state index contributed by atoms with van der Waals surface area (Å²) in [6.45, 7) is 0. The molecular weight excluding hydrogens is 290 g/mol.